The largest absolute Gasteiger partial charge is 0.494 e. The highest BCUT2D eigenvalue weighted by Gasteiger charge is 2.33. The zero-order valence-electron chi connectivity index (χ0n) is 17.3. The Hall–Kier alpha value is -1.59. The van der Waals surface area contributed by atoms with Gasteiger partial charge in [0.05, 0.1) is 13.2 Å². The lowest BCUT2D eigenvalue weighted by atomic mass is 9.76. The van der Waals surface area contributed by atoms with E-state index >= 15 is 0 Å². The molecule has 2 N–H and O–H groups in total. The Bertz CT molecular complexity index is 834. The van der Waals surface area contributed by atoms with Gasteiger partial charge in [-0.2, -0.15) is 0 Å². The summed E-state index contributed by atoms with van der Waals surface area (Å²) in [5.41, 5.74) is 6.62. The van der Waals surface area contributed by atoms with E-state index in [0.717, 1.165) is 11.9 Å². The third kappa shape index (κ3) is 4.46. The highest BCUT2D eigenvalue weighted by Crippen LogP contribution is 2.46. The Labute approximate surface area is 174 Å². The first-order valence-corrected chi connectivity index (χ1v) is 11.1. The first-order valence-electron chi connectivity index (χ1n) is 11.1. The molecule has 2 aromatic carbocycles. The van der Waals surface area contributed by atoms with E-state index in [1.54, 1.807) is 0 Å². The summed E-state index contributed by atoms with van der Waals surface area (Å²) in [5.74, 6) is 0.284. The standard InChI is InChI=1S/C23H30B2O4/c1-2-3-4-5-6-7-8-19-22-15-17(24(26)27)9-11-20(22)21-12-10-18(16-23(19)21)25-28-13-14-29-25/h9-12,15-16,19,26-27H,2-8,13-14H2,1H3. The normalized spacial score (nSPS) is 17.5. The molecule has 0 amide bonds. The summed E-state index contributed by atoms with van der Waals surface area (Å²) >= 11 is 0. The van der Waals surface area contributed by atoms with Crippen molar-refractivity contribution in [3.8, 4) is 11.1 Å². The number of benzene rings is 2. The molecule has 0 aromatic heterocycles. The summed E-state index contributed by atoms with van der Waals surface area (Å²) in [6.45, 7) is 3.52. The molecule has 1 aliphatic heterocycles. The van der Waals surface area contributed by atoms with Gasteiger partial charge in [0.2, 0.25) is 0 Å². The molecule has 1 atom stereocenters. The zero-order chi connectivity index (χ0) is 20.2. The Kier molecular flexibility index (Phi) is 6.76. The summed E-state index contributed by atoms with van der Waals surface area (Å²) in [7, 11) is -1.71. The van der Waals surface area contributed by atoms with Crippen LogP contribution in [0.3, 0.4) is 0 Å². The van der Waals surface area contributed by atoms with E-state index in [-0.39, 0.29) is 13.0 Å². The van der Waals surface area contributed by atoms with E-state index in [1.807, 2.05) is 18.2 Å². The molecule has 0 bridgehead atoms. The SMILES string of the molecule is CCCCCCCCC1c2cc(B(O)O)ccc2-c2ccc(B3OCCO3)cc21. The van der Waals surface area contributed by atoms with E-state index in [0.29, 0.717) is 18.7 Å². The highest BCUT2D eigenvalue weighted by molar-refractivity contribution is 6.61. The number of unbranched alkanes of at least 4 members (excludes halogenated alkanes) is 5. The number of hydrogen-bond acceptors (Lipinski definition) is 4. The second kappa shape index (κ2) is 9.48. The van der Waals surface area contributed by atoms with Crippen LogP contribution in [0.15, 0.2) is 36.4 Å². The molecule has 4 rings (SSSR count). The van der Waals surface area contributed by atoms with Crippen LogP contribution in [0.4, 0.5) is 0 Å². The van der Waals surface area contributed by atoms with Crippen LogP contribution < -0.4 is 10.9 Å². The van der Waals surface area contributed by atoms with Crippen molar-refractivity contribution < 1.29 is 19.4 Å². The van der Waals surface area contributed by atoms with Crippen molar-refractivity contribution in [2.45, 2.75) is 57.8 Å². The summed E-state index contributed by atoms with van der Waals surface area (Å²) < 4.78 is 11.4. The van der Waals surface area contributed by atoms with Crippen LogP contribution in [0.1, 0.15) is 68.9 Å². The summed E-state index contributed by atoms with van der Waals surface area (Å²) in [6.07, 6.45) is 8.70. The van der Waals surface area contributed by atoms with Crippen LogP contribution in [0, 0.1) is 0 Å². The van der Waals surface area contributed by atoms with Crippen molar-refractivity contribution in [1.29, 1.82) is 0 Å². The van der Waals surface area contributed by atoms with Gasteiger partial charge < -0.3 is 19.4 Å². The summed E-state index contributed by atoms with van der Waals surface area (Å²) in [4.78, 5) is 0. The molecule has 2 aliphatic rings. The molecular weight excluding hydrogens is 362 g/mol. The predicted octanol–water partition coefficient (Wildman–Crippen LogP) is 2.97. The van der Waals surface area contributed by atoms with Crippen LogP contribution in [0.25, 0.3) is 11.1 Å². The van der Waals surface area contributed by atoms with Gasteiger partial charge in [0, 0.05) is 5.92 Å². The first-order chi connectivity index (χ1) is 14.2. The van der Waals surface area contributed by atoms with Crippen molar-refractivity contribution in [2.75, 3.05) is 13.2 Å². The Morgan fingerprint density at radius 3 is 2.28 bits per heavy atom. The van der Waals surface area contributed by atoms with Gasteiger partial charge in [0.1, 0.15) is 0 Å². The van der Waals surface area contributed by atoms with E-state index in [4.69, 9.17) is 9.31 Å². The number of hydrogen-bond donors (Lipinski definition) is 2. The lowest BCUT2D eigenvalue weighted by Gasteiger charge is -2.16. The molecule has 29 heavy (non-hydrogen) atoms. The molecule has 0 radical (unpaired) electrons. The first kappa shape index (κ1) is 20.7. The minimum atomic E-state index is -1.44. The van der Waals surface area contributed by atoms with Crippen LogP contribution in [0.5, 0.6) is 0 Å². The second-order valence-electron chi connectivity index (χ2n) is 8.25. The van der Waals surface area contributed by atoms with Crippen molar-refractivity contribution in [1.82, 2.24) is 0 Å². The highest BCUT2D eigenvalue weighted by atomic mass is 16.6. The van der Waals surface area contributed by atoms with Crippen LogP contribution >= 0.6 is 0 Å². The van der Waals surface area contributed by atoms with Crippen LogP contribution in [-0.4, -0.2) is 37.5 Å². The lowest BCUT2D eigenvalue weighted by molar-refractivity contribution is 0.365. The fraction of sp³-hybridized carbons (Fsp3) is 0.478. The van der Waals surface area contributed by atoms with Crippen molar-refractivity contribution in [2.24, 2.45) is 0 Å². The molecule has 1 saturated heterocycles. The minimum absolute atomic E-state index is 0.270. The zero-order valence-corrected chi connectivity index (χ0v) is 17.3. The maximum Gasteiger partial charge on any atom is 0.494 e. The van der Waals surface area contributed by atoms with Gasteiger partial charge in [-0.25, -0.2) is 0 Å². The van der Waals surface area contributed by atoms with E-state index in [9.17, 15) is 10.0 Å². The predicted molar refractivity (Wildman–Crippen MR) is 119 cm³/mol. The Morgan fingerprint density at radius 2 is 1.55 bits per heavy atom. The molecule has 1 aliphatic carbocycles. The van der Waals surface area contributed by atoms with Crippen LogP contribution in [0.2, 0.25) is 0 Å². The summed E-state index contributed by atoms with van der Waals surface area (Å²) in [5, 5.41) is 19.3. The van der Waals surface area contributed by atoms with Gasteiger partial charge in [0.15, 0.2) is 0 Å². The smallest absolute Gasteiger partial charge is 0.423 e. The van der Waals surface area contributed by atoms with Crippen molar-refractivity contribution in [3.63, 3.8) is 0 Å². The molecule has 1 heterocycles. The fourth-order valence-corrected chi connectivity index (χ4v) is 4.69. The van der Waals surface area contributed by atoms with E-state index in [1.165, 1.54) is 60.8 Å². The summed E-state index contributed by atoms with van der Waals surface area (Å²) in [6, 6.07) is 12.3. The Balaban J connectivity index is 1.59. The Morgan fingerprint density at radius 1 is 0.897 bits per heavy atom. The topological polar surface area (TPSA) is 58.9 Å². The molecule has 1 unspecified atom stereocenters. The number of rotatable bonds is 9. The monoisotopic (exact) mass is 392 g/mol. The average molecular weight is 392 g/mol. The van der Waals surface area contributed by atoms with Gasteiger partial charge >= 0.3 is 14.2 Å². The van der Waals surface area contributed by atoms with E-state index in [2.05, 4.69) is 25.1 Å². The molecule has 2 aromatic rings. The third-order valence-electron chi connectivity index (χ3n) is 6.23. The van der Waals surface area contributed by atoms with Crippen molar-refractivity contribution in [3.05, 3.63) is 47.5 Å². The molecular formula is C23H30B2O4. The van der Waals surface area contributed by atoms with E-state index < -0.39 is 7.12 Å². The van der Waals surface area contributed by atoms with Gasteiger partial charge in [-0.1, -0.05) is 81.8 Å². The number of fused-ring (bicyclic) bond motifs is 3. The molecule has 4 nitrogen and oxygen atoms in total. The molecule has 0 spiro atoms. The quantitative estimate of drug-likeness (QED) is 0.509. The second-order valence-corrected chi connectivity index (χ2v) is 8.25. The van der Waals surface area contributed by atoms with Gasteiger partial charge in [-0.15, -0.1) is 0 Å². The lowest BCUT2D eigenvalue weighted by Crippen LogP contribution is -2.32. The van der Waals surface area contributed by atoms with Crippen LogP contribution in [-0.2, 0) is 9.31 Å². The molecule has 152 valence electrons. The third-order valence-corrected chi connectivity index (χ3v) is 6.23. The average Bonchev–Trinajstić information content (AvgIpc) is 3.37. The molecule has 0 saturated carbocycles. The maximum absolute atomic E-state index is 9.66. The minimum Gasteiger partial charge on any atom is -0.423 e. The van der Waals surface area contributed by atoms with Crippen molar-refractivity contribution >= 4 is 25.2 Å². The van der Waals surface area contributed by atoms with Gasteiger partial charge in [0.25, 0.3) is 0 Å². The fourth-order valence-electron chi connectivity index (χ4n) is 4.69. The maximum atomic E-state index is 9.66. The van der Waals surface area contributed by atoms with Gasteiger partial charge in [-0.3, -0.25) is 0 Å². The molecule has 1 fully saturated rings. The molecule has 6 heteroatoms. The van der Waals surface area contributed by atoms with Gasteiger partial charge in [-0.05, 0) is 39.6 Å².